The number of benzene rings is 1. The largest absolute Gasteiger partial charge is 0.294 e. The van der Waals surface area contributed by atoms with Crippen LogP contribution in [0.5, 0.6) is 0 Å². The lowest BCUT2D eigenvalue weighted by Gasteiger charge is -2.28. The molecule has 0 spiro atoms. The standard InChI is InChI=1S/C17H26FNO/c1-4-6-12-19(13-7-5-2)14(3)17(20)15-8-10-16(18)11-9-15/h8-11,14H,4-7,12-13H2,1-3H3. The molecule has 0 amide bonds. The Kier molecular flexibility index (Phi) is 7.45. The first kappa shape index (κ1) is 16.8. The molecule has 0 N–H and O–H groups in total. The maximum atomic E-state index is 12.9. The molecule has 1 aromatic carbocycles. The van der Waals surface area contributed by atoms with E-state index in [1.807, 2.05) is 6.92 Å². The number of hydrogen-bond acceptors (Lipinski definition) is 2. The van der Waals surface area contributed by atoms with Gasteiger partial charge < -0.3 is 0 Å². The van der Waals surface area contributed by atoms with Crippen LogP contribution in [0, 0.1) is 5.82 Å². The van der Waals surface area contributed by atoms with E-state index in [9.17, 15) is 9.18 Å². The van der Waals surface area contributed by atoms with Crippen molar-refractivity contribution in [1.29, 1.82) is 0 Å². The number of carbonyl (C=O) groups is 1. The summed E-state index contributed by atoms with van der Waals surface area (Å²) < 4.78 is 12.9. The van der Waals surface area contributed by atoms with E-state index in [1.54, 1.807) is 12.1 Å². The molecular weight excluding hydrogens is 253 g/mol. The fourth-order valence-electron chi connectivity index (χ4n) is 2.24. The third-order valence-electron chi connectivity index (χ3n) is 3.65. The van der Waals surface area contributed by atoms with Crippen LogP contribution in [0.1, 0.15) is 56.8 Å². The van der Waals surface area contributed by atoms with Crippen LogP contribution >= 0.6 is 0 Å². The van der Waals surface area contributed by atoms with E-state index < -0.39 is 0 Å². The molecule has 0 aliphatic carbocycles. The summed E-state index contributed by atoms with van der Waals surface area (Å²) in [7, 11) is 0. The first-order valence-corrected chi connectivity index (χ1v) is 7.64. The molecule has 20 heavy (non-hydrogen) atoms. The molecule has 0 heterocycles. The lowest BCUT2D eigenvalue weighted by molar-refractivity contribution is 0.0833. The fourth-order valence-corrected chi connectivity index (χ4v) is 2.24. The summed E-state index contributed by atoms with van der Waals surface area (Å²) in [6.45, 7) is 8.17. The van der Waals surface area contributed by atoms with Crippen molar-refractivity contribution in [2.45, 2.75) is 52.5 Å². The van der Waals surface area contributed by atoms with Gasteiger partial charge in [-0.3, -0.25) is 9.69 Å². The van der Waals surface area contributed by atoms with E-state index in [1.165, 1.54) is 12.1 Å². The van der Waals surface area contributed by atoms with Crippen LogP contribution in [0.4, 0.5) is 4.39 Å². The molecule has 2 nitrogen and oxygen atoms in total. The van der Waals surface area contributed by atoms with Crippen molar-refractivity contribution in [3.8, 4) is 0 Å². The average molecular weight is 279 g/mol. The Labute approximate surface area is 122 Å². The topological polar surface area (TPSA) is 20.3 Å². The molecular formula is C17H26FNO. The van der Waals surface area contributed by atoms with Crippen molar-refractivity contribution >= 4 is 5.78 Å². The highest BCUT2D eigenvalue weighted by molar-refractivity contribution is 5.99. The molecule has 1 unspecified atom stereocenters. The minimum Gasteiger partial charge on any atom is -0.294 e. The second-order valence-corrected chi connectivity index (χ2v) is 5.29. The van der Waals surface area contributed by atoms with E-state index in [2.05, 4.69) is 18.7 Å². The van der Waals surface area contributed by atoms with Gasteiger partial charge in [0, 0.05) is 5.56 Å². The zero-order valence-corrected chi connectivity index (χ0v) is 12.9. The second-order valence-electron chi connectivity index (χ2n) is 5.29. The third kappa shape index (κ3) is 5.04. The Morgan fingerprint density at radius 2 is 1.60 bits per heavy atom. The molecule has 0 saturated heterocycles. The molecule has 0 fully saturated rings. The highest BCUT2D eigenvalue weighted by Gasteiger charge is 2.21. The number of hydrogen-bond donors (Lipinski definition) is 0. The Bertz CT molecular complexity index is 394. The number of carbonyl (C=O) groups excluding carboxylic acids is 1. The lowest BCUT2D eigenvalue weighted by Crippen LogP contribution is -2.40. The maximum Gasteiger partial charge on any atom is 0.179 e. The van der Waals surface area contributed by atoms with Gasteiger partial charge in [-0.25, -0.2) is 4.39 Å². The molecule has 0 aromatic heterocycles. The van der Waals surface area contributed by atoms with Crippen LogP contribution in [-0.4, -0.2) is 29.8 Å². The number of halogens is 1. The van der Waals surface area contributed by atoms with Gasteiger partial charge in [0.2, 0.25) is 0 Å². The predicted molar refractivity (Wildman–Crippen MR) is 81.6 cm³/mol. The van der Waals surface area contributed by atoms with Crippen LogP contribution in [0.3, 0.4) is 0 Å². The maximum absolute atomic E-state index is 12.9. The van der Waals surface area contributed by atoms with Crippen molar-refractivity contribution in [3.63, 3.8) is 0 Å². The Morgan fingerprint density at radius 3 is 2.05 bits per heavy atom. The Balaban J connectivity index is 2.73. The molecule has 1 atom stereocenters. The highest BCUT2D eigenvalue weighted by Crippen LogP contribution is 2.12. The van der Waals surface area contributed by atoms with Gasteiger partial charge in [-0.1, -0.05) is 26.7 Å². The molecule has 3 heteroatoms. The van der Waals surface area contributed by atoms with Crippen molar-refractivity contribution in [2.24, 2.45) is 0 Å². The Hall–Kier alpha value is -1.22. The zero-order chi connectivity index (χ0) is 15.0. The van der Waals surface area contributed by atoms with E-state index >= 15 is 0 Å². The van der Waals surface area contributed by atoms with Gasteiger partial charge in [-0.2, -0.15) is 0 Å². The monoisotopic (exact) mass is 279 g/mol. The third-order valence-corrected chi connectivity index (χ3v) is 3.65. The van der Waals surface area contributed by atoms with Crippen molar-refractivity contribution in [2.75, 3.05) is 13.1 Å². The van der Waals surface area contributed by atoms with Gasteiger partial charge in [0.1, 0.15) is 5.82 Å². The van der Waals surface area contributed by atoms with Crippen molar-refractivity contribution in [1.82, 2.24) is 4.90 Å². The van der Waals surface area contributed by atoms with Crippen LogP contribution in [0.15, 0.2) is 24.3 Å². The van der Waals surface area contributed by atoms with E-state index in [0.717, 1.165) is 38.8 Å². The van der Waals surface area contributed by atoms with E-state index in [0.29, 0.717) is 5.56 Å². The summed E-state index contributed by atoms with van der Waals surface area (Å²) in [5.74, 6) is -0.222. The summed E-state index contributed by atoms with van der Waals surface area (Å²) in [6, 6.07) is 5.71. The molecule has 112 valence electrons. The summed E-state index contributed by atoms with van der Waals surface area (Å²) in [4.78, 5) is 14.7. The molecule has 1 rings (SSSR count). The van der Waals surface area contributed by atoms with Gasteiger partial charge in [0.05, 0.1) is 6.04 Å². The van der Waals surface area contributed by atoms with Crippen LogP contribution < -0.4 is 0 Å². The quantitative estimate of drug-likeness (QED) is 0.628. The summed E-state index contributed by atoms with van der Waals surface area (Å²) in [6.07, 6.45) is 4.45. The normalized spacial score (nSPS) is 12.7. The van der Waals surface area contributed by atoms with E-state index in [4.69, 9.17) is 0 Å². The molecule has 0 aliphatic heterocycles. The molecule has 0 radical (unpaired) electrons. The van der Waals surface area contributed by atoms with Crippen LogP contribution in [0.2, 0.25) is 0 Å². The van der Waals surface area contributed by atoms with Gasteiger partial charge >= 0.3 is 0 Å². The number of nitrogens with zero attached hydrogens (tertiary/aromatic N) is 1. The second kappa shape index (κ2) is 8.85. The van der Waals surface area contributed by atoms with Crippen molar-refractivity contribution in [3.05, 3.63) is 35.6 Å². The summed E-state index contributed by atoms with van der Waals surface area (Å²) in [5.41, 5.74) is 0.594. The van der Waals surface area contributed by atoms with Gasteiger partial charge in [-0.15, -0.1) is 0 Å². The van der Waals surface area contributed by atoms with Crippen molar-refractivity contribution < 1.29 is 9.18 Å². The zero-order valence-electron chi connectivity index (χ0n) is 12.9. The molecule has 0 bridgehead atoms. The number of ketones is 1. The minimum atomic E-state index is -0.303. The smallest absolute Gasteiger partial charge is 0.179 e. The van der Waals surface area contributed by atoms with Gasteiger partial charge in [-0.05, 0) is 57.1 Å². The Morgan fingerprint density at radius 1 is 1.10 bits per heavy atom. The molecule has 0 saturated carbocycles. The summed E-state index contributed by atoms with van der Waals surface area (Å²) >= 11 is 0. The SMILES string of the molecule is CCCCN(CCCC)C(C)C(=O)c1ccc(F)cc1. The number of unbranched alkanes of at least 4 members (excludes halogenated alkanes) is 2. The number of rotatable bonds is 9. The van der Waals surface area contributed by atoms with Gasteiger partial charge in [0.15, 0.2) is 5.78 Å². The predicted octanol–water partition coefficient (Wildman–Crippen LogP) is 4.30. The van der Waals surface area contributed by atoms with E-state index in [-0.39, 0.29) is 17.6 Å². The number of Topliss-reactive ketones (excluding diaryl/α,β-unsaturated/α-hetero) is 1. The van der Waals surface area contributed by atoms with Crippen LogP contribution in [-0.2, 0) is 0 Å². The molecule has 1 aromatic rings. The fraction of sp³-hybridized carbons (Fsp3) is 0.588. The first-order valence-electron chi connectivity index (χ1n) is 7.64. The molecule has 0 aliphatic rings. The highest BCUT2D eigenvalue weighted by atomic mass is 19.1. The minimum absolute atomic E-state index is 0.0807. The lowest BCUT2D eigenvalue weighted by atomic mass is 10.0. The first-order chi connectivity index (χ1) is 9.60. The van der Waals surface area contributed by atoms with Crippen LogP contribution in [0.25, 0.3) is 0 Å². The average Bonchev–Trinajstić information content (AvgIpc) is 2.47. The van der Waals surface area contributed by atoms with Gasteiger partial charge in [0.25, 0.3) is 0 Å². The summed E-state index contributed by atoms with van der Waals surface area (Å²) in [5, 5.41) is 0.